The third-order valence-corrected chi connectivity index (χ3v) is 4.25. The Hall–Kier alpha value is -0.540. The Kier molecular flexibility index (Phi) is 3.39. The number of hydrogen-bond acceptors (Lipinski definition) is 2. The molecule has 3 heteroatoms. The van der Waals surface area contributed by atoms with Gasteiger partial charge in [-0.05, 0) is 61.5 Å². The van der Waals surface area contributed by atoms with Crippen LogP contribution in [0.2, 0.25) is 0 Å². The summed E-state index contributed by atoms with van der Waals surface area (Å²) in [7, 11) is 0. The Bertz CT molecular complexity index is 413. The van der Waals surface area contributed by atoms with Crippen molar-refractivity contribution in [1.29, 1.82) is 0 Å². The predicted molar refractivity (Wildman–Crippen MR) is 72.6 cm³/mol. The van der Waals surface area contributed by atoms with E-state index in [2.05, 4.69) is 33.4 Å². The van der Waals surface area contributed by atoms with Gasteiger partial charge in [0.25, 0.3) is 0 Å². The van der Waals surface area contributed by atoms with E-state index in [0.717, 1.165) is 18.9 Å². The highest BCUT2D eigenvalue weighted by atomic mass is 79.9. The molecule has 1 saturated heterocycles. The van der Waals surface area contributed by atoms with Gasteiger partial charge in [0, 0.05) is 10.9 Å². The average molecular weight is 296 g/mol. The van der Waals surface area contributed by atoms with Crippen molar-refractivity contribution in [2.45, 2.75) is 25.7 Å². The normalized spacial score (nSPS) is 20.1. The molecule has 0 amide bonds. The maximum Gasteiger partial charge on any atom is 0.125 e. The molecule has 0 unspecified atom stereocenters. The van der Waals surface area contributed by atoms with Crippen molar-refractivity contribution in [1.82, 2.24) is 5.32 Å². The Morgan fingerprint density at radius 3 is 2.94 bits per heavy atom. The summed E-state index contributed by atoms with van der Waals surface area (Å²) in [6, 6.07) is 4.44. The van der Waals surface area contributed by atoms with E-state index in [9.17, 15) is 0 Å². The van der Waals surface area contributed by atoms with E-state index in [1.54, 1.807) is 0 Å². The first-order valence-corrected chi connectivity index (χ1v) is 7.27. The van der Waals surface area contributed by atoms with Crippen molar-refractivity contribution in [2.24, 2.45) is 5.92 Å². The van der Waals surface area contributed by atoms with Crippen molar-refractivity contribution in [3.8, 4) is 5.75 Å². The molecule has 92 valence electrons. The fraction of sp³-hybridized carbons (Fsp3) is 0.571. The van der Waals surface area contributed by atoms with Gasteiger partial charge in [0.15, 0.2) is 0 Å². The first kappa shape index (κ1) is 11.5. The van der Waals surface area contributed by atoms with Crippen molar-refractivity contribution < 1.29 is 4.74 Å². The van der Waals surface area contributed by atoms with Crippen LogP contribution in [0.1, 0.15) is 24.0 Å². The van der Waals surface area contributed by atoms with Gasteiger partial charge in [-0.1, -0.05) is 15.9 Å². The lowest BCUT2D eigenvalue weighted by molar-refractivity contribution is 0.340. The second-order valence-corrected chi connectivity index (χ2v) is 5.96. The van der Waals surface area contributed by atoms with Crippen LogP contribution in [-0.2, 0) is 12.8 Å². The van der Waals surface area contributed by atoms with Gasteiger partial charge in [0.2, 0.25) is 0 Å². The molecule has 0 saturated carbocycles. The van der Waals surface area contributed by atoms with Gasteiger partial charge in [-0.2, -0.15) is 0 Å². The largest absolute Gasteiger partial charge is 0.493 e. The molecule has 2 aliphatic rings. The standard InChI is InChI=1S/C14H18BrNO/c15-13-8-11-3-6-17-14(11)12(9-13)7-10-1-4-16-5-2-10/h8-10,16H,1-7H2. The second-order valence-electron chi connectivity index (χ2n) is 5.05. The van der Waals surface area contributed by atoms with Crippen LogP contribution in [0.4, 0.5) is 0 Å². The number of hydrogen-bond donors (Lipinski definition) is 1. The molecule has 0 radical (unpaired) electrons. The third kappa shape index (κ3) is 2.50. The van der Waals surface area contributed by atoms with Gasteiger partial charge < -0.3 is 10.1 Å². The molecule has 1 fully saturated rings. The summed E-state index contributed by atoms with van der Waals surface area (Å²) in [4.78, 5) is 0. The third-order valence-electron chi connectivity index (χ3n) is 3.79. The lowest BCUT2D eigenvalue weighted by Crippen LogP contribution is -2.28. The minimum Gasteiger partial charge on any atom is -0.493 e. The van der Waals surface area contributed by atoms with Crippen LogP contribution in [0.3, 0.4) is 0 Å². The Morgan fingerprint density at radius 2 is 2.12 bits per heavy atom. The summed E-state index contributed by atoms with van der Waals surface area (Å²) in [5, 5.41) is 3.42. The lowest BCUT2D eigenvalue weighted by Gasteiger charge is -2.23. The van der Waals surface area contributed by atoms with E-state index >= 15 is 0 Å². The van der Waals surface area contributed by atoms with Gasteiger partial charge >= 0.3 is 0 Å². The molecule has 1 N–H and O–H groups in total. The minimum absolute atomic E-state index is 0.818. The number of nitrogens with one attached hydrogen (secondary N) is 1. The van der Waals surface area contributed by atoms with Crippen LogP contribution in [-0.4, -0.2) is 19.7 Å². The molecular weight excluding hydrogens is 278 g/mol. The summed E-state index contributed by atoms with van der Waals surface area (Å²) in [5.41, 5.74) is 2.78. The predicted octanol–water partition coefficient (Wildman–Crippen LogP) is 2.93. The van der Waals surface area contributed by atoms with Crippen LogP contribution >= 0.6 is 15.9 Å². The first-order valence-electron chi connectivity index (χ1n) is 6.48. The Morgan fingerprint density at radius 1 is 1.29 bits per heavy atom. The van der Waals surface area contributed by atoms with Gasteiger partial charge in [0.05, 0.1) is 6.61 Å². The number of rotatable bonds is 2. The quantitative estimate of drug-likeness (QED) is 0.906. The Balaban J connectivity index is 1.82. The zero-order chi connectivity index (χ0) is 11.7. The molecule has 2 heterocycles. The molecule has 17 heavy (non-hydrogen) atoms. The van der Waals surface area contributed by atoms with Gasteiger partial charge in [-0.25, -0.2) is 0 Å². The van der Waals surface area contributed by atoms with Crippen LogP contribution in [0.25, 0.3) is 0 Å². The van der Waals surface area contributed by atoms with Crippen molar-refractivity contribution in [3.63, 3.8) is 0 Å². The van der Waals surface area contributed by atoms with Crippen molar-refractivity contribution >= 4 is 15.9 Å². The number of halogens is 1. The molecule has 1 aromatic rings. The minimum atomic E-state index is 0.818. The number of benzene rings is 1. The van der Waals surface area contributed by atoms with Crippen LogP contribution in [0.15, 0.2) is 16.6 Å². The van der Waals surface area contributed by atoms with E-state index in [0.29, 0.717) is 0 Å². The molecule has 0 aliphatic carbocycles. The fourth-order valence-electron chi connectivity index (χ4n) is 2.89. The molecule has 1 aromatic carbocycles. The first-order chi connectivity index (χ1) is 8.33. The highest BCUT2D eigenvalue weighted by molar-refractivity contribution is 9.10. The van der Waals surface area contributed by atoms with Crippen molar-refractivity contribution in [3.05, 3.63) is 27.7 Å². The van der Waals surface area contributed by atoms with E-state index in [4.69, 9.17) is 4.74 Å². The van der Waals surface area contributed by atoms with Gasteiger partial charge in [-0.15, -0.1) is 0 Å². The zero-order valence-electron chi connectivity index (χ0n) is 9.97. The average Bonchev–Trinajstić information content (AvgIpc) is 2.78. The van der Waals surface area contributed by atoms with E-state index in [-0.39, 0.29) is 0 Å². The number of piperidine rings is 1. The van der Waals surface area contributed by atoms with E-state index in [1.807, 2.05) is 0 Å². The monoisotopic (exact) mass is 295 g/mol. The summed E-state index contributed by atoms with van der Waals surface area (Å²) >= 11 is 3.61. The molecule has 2 nitrogen and oxygen atoms in total. The summed E-state index contributed by atoms with van der Waals surface area (Å²) < 4.78 is 6.99. The number of fused-ring (bicyclic) bond motifs is 1. The summed E-state index contributed by atoms with van der Waals surface area (Å²) in [5.74, 6) is 1.99. The topological polar surface area (TPSA) is 21.3 Å². The number of ether oxygens (including phenoxy) is 1. The smallest absolute Gasteiger partial charge is 0.125 e. The molecule has 0 bridgehead atoms. The molecular formula is C14H18BrNO. The van der Waals surface area contributed by atoms with Crippen LogP contribution < -0.4 is 10.1 Å². The maximum absolute atomic E-state index is 5.79. The molecule has 0 aromatic heterocycles. The highest BCUT2D eigenvalue weighted by Gasteiger charge is 2.21. The maximum atomic E-state index is 5.79. The van der Waals surface area contributed by atoms with Crippen molar-refractivity contribution in [2.75, 3.05) is 19.7 Å². The summed E-state index contributed by atoms with van der Waals surface area (Å²) in [6.07, 6.45) is 4.82. The second kappa shape index (κ2) is 4.99. The van der Waals surface area contributed by atoms with E-state index in [1.165, 1.54) is 53.7 Å². The molecule has 2 aliphatic heterocycles. The van der Waals surface area contributed by atoms with Gasteiger partial charge in [-0.3, -0.25) is 0 Å². The van der Waals surface area contributed by atoms with E-state index < -0.39 is 0 Å². The van der Waals surface area contributed by atoms with Crippen LogP contribution in [0.5, 0.6) is 5.75 Å². The Labute approximate surface area is 111 Å². The van der Waals surface area contributed by atoms with Crippen LogP contribution in [0, 0.1) is 5.92 Å². The lowest BCUT2D eigenvalue weighted by atomic mass is 9.90. The molecule has 0 spiro atoms. The molecule has 0 atom stereocenters. The summed E-state index contributed by atoms with van der Waals surface area (Å²) in [6.45, 7) is 3.19. The van der Waals surface area contributed by atoms with Gasteiger partial charge in [0.1, 0.15) is 5.75 Å². The zero-order valence-corrected chi connectivity index (χ0v) is 11.6. The fourth-order valence-corrected chi connectivity index (χ4v) is 3.45. The highest BCUT2D eigenvalue weighted by Crippen LogP contribution is 2.35. The molecule has 3 rings (SSSR count). The SMILES string of the molecule is Brc1cc2c(c(CC3CCNCC3)c1)OCC2.